The molecule has 0 atom stereocenters. The molecule has 0 saturated heterocycles. The molecule has 0 aliphatic carbocycles. The van der Waals surface area contributed by atoms with Gasteiger partial charge in [0.15, 0.2) is 0 Å². The maximum atomic E-state index is 5.77. The lowest BCUT2D eigenvalue weighted by molar-refractivity contribution is 0.408. The number of benzene rings is 1. The van der Waals surface area contributed by atoms with Crippen LogP contribution in [0.3, 0.4) is 0 Å². The van der Waals surface area contributed by atoms with E-state index in [-0.39, 0.29) is 0 Å². The van der Waals surface area contributed by atoms with Gasteiger partial charge in [-0.25, -0.2) is 0 Å². The number of aryl methyl sites for hydroxylation is 2. The highest BCUT2D eigenvalue weighted by atomic mass is 35.5. The molecule has 0 aliphatic heterocycles. The van der Waals surface area contributed by atoms with Crippen molar-refractivity contribution in [2.24, 2.45) is 0 Å². The van der Waals surface area contributed by atoms with E-state index in [4.69, 9.17) is 16.3 Å². The minimum absolute atomic E-state index is 0.506. The highest BCUT2D eigenvalue weighted by Gasteiger charge is 2.05. The Morgan fingerprint density at radius 2 is 2.00 bits per heavy atom. The van der Waals surface area contributed by atoms with Gasteiger partial charge in [-0.3, -0.25) is 0 Å². The highest BCUT2D eigenvalue weighted by molar-refractivity contribution is 6.17. The van der Waals surface area contributed by atoms with E-state index in [2.05, 4.69) is 19.1 Å². The Labute approximate surface area is 78.3 Å². The molecule has 0 N–H and O–H groups in total. The fourth-order valence-electron chi connectivity index (χ4n) is 1.43. The summed E-state index contributed by atoms with van der Waals surface area (Å²) in [6, 6.07) is 4.15. The van der Waals surface area contributed by atoms with Crippen molar-refractivity contribution >= 4 is 11.6 Å². The van der Waals surface area contributed by atoms with Crippen molar-refractivity contribution in [2.75, 3.05) is 7.11 Å². The second-order valence-electron chi connectivity index (χ2n) is 2.91. The third-order valence-corrected chi connectivity index (χ3v) is 2.13. The average Bonchev–Trinajstić information content (AvgIpc) is 2.03. The SMILES string of the molecule is COc1c(C)cc(C)cc1CCl. The summed E-state index contributed by atoms with van der Waals surface area (Å²) >= 11 is 5.77. The number of hydrogen-bond acceptors (Lipinski definition) is 1. The Bertz CT molecular complexity index is 281. The predicted molar refractivity (Wildman–Crippen MR) is 52.0 cm³/mol. The van der Waals surface area contributed by atoms with E-state index in [0.29, 0.717) is 5.88 Å². The lowest BCUT2D eigenvalue weighted by atomic mass is 10.1. The van der Waals surface area contributed by atoms with E-state index in [1.165, 1.54) is 5.56 Å². The number of methoxy groups -OCH3 is 1. The molecule has 0 aliphatic rings. The summed E-state index contributed by atoms with van der Waals surface area (Å²) in [5.74, 6) is 1.42. The second kappa shape index (κ2) is 3.81. The minimum Gasteiger partial charge on any atom is -0.496 e. The molecule has 0 aromatic heterocycles. The number of hydrogen-bond donors (Lipinski definition) is 0. The van der Waals surface area contributed by atoms with Crippen LogP contribution in [-0.2, 0) is 5.88 Å². The lowest BCUT2D eigenvalue weighted by Gasteiger charge is -2.10. The van der Waals surface area contributed by atoms with Gasteiger partial charge >= 0.3 is 0 Å². The fourth-order valence-corrected chi connectivity index (χ4v) is 1.63. The van der Waals surface area contributed by atoms with Gasteiger partial charge in [0.1, 0.15) is 5.75 Å². The molecule has 0 fully saturated rings. The maximum absolute atomic E-state index is 5.77. The summed E-state index contributed by atoms with van der Waals surface area (Å²) in [6.07, 6.45) is 0. The van der Waals surface area contributed by atoms with Gasteiger partial charge < -0.3 is 4.74 Å². The largest absolute Gasteiger partial charge is 0.496 e. The topological polar surface area (TPSA) is 9.23 Å². The first kappa shape index (κ1) is 9.40. The molecular weight excluding hydrogens is 172 g/mol. The molecule has 0 bridgehead atoms. The molecule has 12 heavy (non-hydrogen) atoms. The quantitative estimate of drug-likeness (QED) is 0.642. The van der Waals surface area contributed by atoms with Crippen molar-refractivity contribution in [3.8, 4) is 5.75 Å². The highest BCUT2D eigenvalue weighted by Crippen LogP contribution is 2.26. The molecule has 66 valence electrons. The first-order chi connectivity index (χ1) is 5.69. The van der Waals surface area contributed by atoms with Crippen molar-refractivity contribution in [1.29, 1.82) is 0 Å². The van der Waals surface area contributed by atoms with Crippen LogP contribution in [0.1, 0.15) is 16.7 Å². The molecule has 0 heterocycles. The summed E-state index contributed by atoms with van der Waals surface area (Å²) in [6.45, 7) is 4.09. The Morgan fingerprint density at radius 1 is 1.33 bits per heavy atom. The fraction of sp³-hybridized carbons (Fsp3) is 0.400. The van der Waals surface area contributed by atoms with Crippen molar-refractivity contribution in [3.05, 3.63) is 28.8 Å². The number of halogens is 1. The van der Waals surface area contributed by atoms with Crippen LogP contribution in [0.4, 0.5) is 0 Å². The number of rotatable bonds is 2. The van der Waals surface area contributed by atoms with Gasteiger partial charge in [0.05, 0.1) is 13.0 Å². The third kappa shape index (κ3) is 1.72. The van der Waals surface area contributed by atoms with Crippen LogP contribution < -0.4 is 4.74 Å². The summed E-state index contributed by atoms with van der Waals surface area (Å²) in [4.78, 5) is 0. The van der Waals surface area contributed by atoms with Gasteiger partial charge in [-0.1, -0.05) is 17.7 Å². The van der Waals surface area contributed by atoms with Gasteiger partial charge in [0.25, 0.3) is 0 Å². The Kier molecular flexibility index (Phi) is 2.99. The smallest absolute Gasteiger partial charge is 0.126 e. The summed E-state index contributed by atoms with van der Waals surface area (Å²) < 4.78 is 5.24. The molecule has 2 heteroatoms. The van der Waals surface area contributed by atoms with Crippen molar-refractivity contribution in [2.45, 2.75) is 19.7 Å². The first-order valence-electron chi connectivity index (χ1n) is 3.89. The van der Waals surface area contributed by atoms with Crippen molar-refractivity contribution < 1.29 is 4.74 Å². The number of ether oxygens (including phenoxy) is 1. The normalized spacial score (nSPS) is 10.0. The Balaban J connectivity index is 3.24. The second-order valence-corrected chi connectivity index (χ2v) is 3.18. The zero-order valence-corrected chi connectivity index (χ0v) is 8.40. The lowest BCUT2D eigenvalue weighted by Crippen LogP contribution is -1.93. The van der Waals surface area contributed by atoms with Gasteiger partial charge in [-0.2, -0.15) is 0 Å². The molecule has 0 unspecified atom stereocenters. The molecule has 0 radical (unpaired) electrons. The molecule has 0 amide bonds. The van der Waals surface area contributed by atoms with E-state index in [1.54, 1.807) is 7.11 Å². The van der Waals surface area contributed by atoms with E-state index in [0.717, 1.165) is 16.9 Å². The van der Waals surface area contributed by atoms with E-state index in [1.807, 2.05) is 6.92 Å². The average molecular weight is 185 g/mol. The van der Waals surface area contributed by atoms with Crippen LogP contribution in [0.5, 0.6) is 5.75 Å². The van der Waals surface area contributed by atoms with Gasteiger partial charge in [0, 0.05) is 5.56 Å². The molecule has 0 spiro atoms. The first-order valence-corrected chi connectivity index (χ1v) is 4.42. The van der Waals surface area contributed by atoms with Crippen LogP contribution >= 0.6 is 11.6 Å². The Morgan fingerprint density at radius 3 is 2.50 bits per heavy atom. The minimum atomic E-state index is 0.506. The van der Waals surface area contributed by atoms with Crippen molar-refractivity contribution in [1.82, 2.24) is 0 Å². The monoisotopic (exact) mass is 184 g/mol. The van der Waals surface area contributed by atoms with Crippen LogP contribution in [0.2, 0.25) is 0 Å². The van der Waals surface area contributed by atoms with Gasteiger partial charge in [-0.15, -0.1) is 11.6 Å². The van der Waals surface area contributed by atoms with Gasteiger partial charge in [0.2, 0.25) is 0 Å². The molecule has 0 saturated carbocycles. The summed E-state index contributed by atoms with van der Waals surface area (Å²) in [7, 11) is 1.67. The summed E-state index contributed by atoms with van der Waals surface area (Å²) in [5.41, 5.74) is 3.44. The van der Waals surface area contributed by atoms with Crippen LogP contribution in [-0.4, -0.2) is 7.11 Å². The van der Waals surface area contributed by atoms with Crippen LogP contribution in [0.15, 0.2) is 12.1 Å². The number of alkyl halides is 1. The van der Waals surface area contributed by atoms with E-state index < -0.39 is 0 Å². The molecule has 1 aromatic carbocycles. The molecule has 1 rings (SSSR count). The molecule has 1 nitrogen and oxygen atoms in total. The van der Waals surface area contributed by atoms with Gasteiger partial charge in [-0.05, 0) is 19.4 Å². The predicted octanol–water partition coefficient (Wildman–Crippen LogP) is 3.05. The molecule has 1 aromatic rings. The van der Waals surface area contributed by atoms with Crippen LogP contribution in [0, 0.1) is 13.8 Å². The molecular formula is C10H13ClO. The van der Waals surface area contributed by atoms with E-state index >= 15 is 0 Å². The van der Waals surface area contributed by atoms with E-state index in [9.17, 15) is 0 Å². The standard InChI is InChI=1S/C10H13ClO/c1-7-4-8(2)10(12-3)9(5-7)6-11/h4-5H,6H2,1-3H3. The summed E-state index contributed by atoms with van der Waals surface area (Å²) in [5, 5.41) is 0. The Hall–Kier alpha value is -0.690. The zero-order valence-electron chi connectivity index (χ0n) is 7.65. The maximum Gasteiger partial charge on any atom is 0.126 e. The third-order valence-electron chi connectivity index (χ3n) is 1.84. The van der Waals surface area contributed by atoms with Crippen molar-refractivity contribution in [3.63, 3.8) is 0 Å². The van der Waals surface area contributed by atoms with Crippen LogP contribution in [0.25, 0.3) is 0 Å². The zero-order chi connectivity index (χ0) is 9.14.